The molecule has 4 nitrogen and oxygen atoms in total. The Kier molecular flexibility index (Phi) is 5.75. The summed E-state index contributed by atoms with van der Waals surface area (Å²) in [7, 11) is -3.29. The van der Waals surface area contributed by atoms with Crippen LogP contribution in [0.1, 0.15) is 26.7 Å². The minimum atomic E-state index is -3.29. The van der Waals surface area contributed by atoms with Crippen molar-refractivity contribution in [3.05, 3.63) is 23.2 Å². The van der Waals surface area contributed by atoms with Crippen LogP contribution in [0.25, 0.3) is 0 Å². The first-order chi connectivity index (χ1) is 8.48. The van der Waals surface area contributed by atoms with Gasteiger partial charge in [0.05, 0.1) is 23.1 Å². The van der Waals surface area contributed by atoms with Gasteiger partial charge >= 0.3 is 0 Å². The minimum absolute atomic E-state index is 0.119. The van der Waals surface area contributed by atoms with Gasteiger partial charge in [-0.05, 0) is 31.5 Å². The number of anilines is 1. The van der Waals surface area contributed by atoms with E-state index < -0.39 is 10.0 Å². The first-order valence-corrected chi connectivity index (χ1v) is 7.94. The number of ether oxygens (including phenoxy) is 1. The highest BCUT2D eigenvalue weighted by atomic mass is 35.5. The van der Waals surface area contributed by atoms with Gasteiger partial charge in [0.25, 0.3) is 0 Å². The number of halogens is 1. The predicted molar refractivity (Wildman–Crippen MR) is 74.9 cm³/mol. The third-order valence-corrected chi connectivity index (χ3v) is 3.94. The van der Waals surface area contributed by atoms with Crippen LogP contribution in [0.3, 0.4) is 0 Å². The molecule has 0 spiro atoms. The maximum absolute atomic E-state index is 11.7. The van der Waals surface area contributed by atoms with Crippen LogP contribution in [-0.2, 0) is 10.0 Å². The molecule has 0 saturated carbocycles. The molecule has 0 fully saturated rings. The molecule has 1 aromatic rings. The van der Waals surface area contributed by atoms with Gasteiger partial charge in [0.1, 0.15) is 5.75 Å². The van der Waals surface area contributed by atoms with Crippen LogP contribution in [0.5, 0.6) is 5.75 Å². The van der Waals surface area contributed by atoms with Crippen molar-refractivity contribution in [2.75, 3.05) is 17.1 Å². The number of nitrogens with one attached hydrogen (secondary N) is 1. The molecule has 0 aliphatic heterocycles. The fourth-order valence-corrected chi connectivity index (χ4v) is 2.89. The van der Waals surface area contributed by atoms with Crippen molar-refractivity contribution in [2.45, 2.75) is 26.7 Å². The van der Waals surface area contributed by atoms with Crippen molar-refractivity contribution >= 4 is 27.3 Å². The average molecular weight is 292 g/mol. The number of hydrogen-bond donors (Lipinski definition) is 1. The molecule has 6 heteroatoms. The quantitative estimate of drug-likeness (QED) is 0.839. The monoisotopic (exact) mass is 291 g/mol. The van der Waals surface area contributed by atoms with E-state index in [0.29, 0.717) is 29.5 Å². The molecule has 1 aromatic carbocycles. The third kappa shape index (κ3) is 4.74. The van der Waals surface area contributed by atoms with E-state index in [1.807, 2.05) is 13.8 Å². The molecule has 0 aliphatic rings. The minimum Gasteiger partial charge on any atom is -0.492 e. The Hall–Kier alpha value is -0.940. The lowest BCUT2D eigenvalue weighted by Gasteiger charge is -2.10. The number of rotatable bonds is 7. The molecule has 0 unspecified atom stereocenters. The molecule has 18 heavy (non-hydrogen) atoms. The number of sulfonamides is 1. The summed E-state index contributed by atoms with van der Waals surface area (Å²) in [6, 6.07) is 4.85. The van der Waals surface area contributed by atoms with Crippen molar-refractivity contribution in [2.24, 2.45) is 0 Å². The summed E-state index contributed by atoms with van der Waals surface area (Å²) in [6.07, 6.45) is 1.48. The lowest BCUT2D eigenvalue weighted by Crippen LogP contribution is -2.16. The second kappa shape index (κ2) is 6.85. The molecule has 1 rings (SSSR count). The number of hydrogen-bond acceptors (Lipinski definition) is 3. The summed E-state index contributed by atoms with van der Waals surface area (Å²) in [5, 5.41) is 0.396. The van der Waals surface area contributed by atoms with E-state index in [-0.39, 0.29) is 5.75 Å². The van der Waals surface area contributed by atoms with E-state index in [4.69, 9.17) is 16.3 Å². The van der Waals surface area contributed by atoms with E-state index in [0.717, 1.165) is 6.42 Å². The van der Waals surface area contributed by atoms with Gasteiger partial charge < -0.3 is 4.74 Å². The van der Waals surface area contributed by atoms with E-state index in [1.54, 1.807) is 18.2 Å². The summed E-state index contributed by atoms with van der Waals surface area (Å²) in [6.45, 7) is 4.32. The number of unbranched alkanes of at least 4 members (excludes halogenated alkanes) is 1. The van der Waals surface area contributed by atoms with Crippen LogP contribution in [-0.4, -0.2) is 20.8 Å². The Balaban J connectivity index is 2.77. The lowest BCUT2D eigenvalue weighted by molar-refractivity contribution is 0.340. The van der Waals surface area contributed by atoms with Crippen LogP contribution in [0.2, 0.25) is 5.02 Å². The lowest BCUT2D eigenvalue weighted by atomic mass is 10.3. The van der Waals surface area contributed by atoms with Gasteiger partial charge in [0.15, 0.2) is 0 Å². The second-order valence-electron chi connectivity index (χ2n) is 3.85. The number of benzene rings is 1. The van der Waals surface area contributed by atoms with Crippen LogP contribution in [0.4, 0.5) is 5.69 Å². The molecule has 0 bridgehead atoms. The topological polar surface area (TPSA) is 55.4 Å². The van der Waals surface area contributed by atoms with Crippen LogP contribution < -0.4 is 9.46 Å². The van der Waals surface area contributed by atoms with Gasteiger partial charge in [0, 0.05) is 0 Å². The highest BCUT2D eigenvalue weighted by Gasteiger charge is 2.11. The molecule has 0 amide bonds. The average Bonchev–Trinajstić information content (AvgIpc) is 2.30. The predicted octanol–water partition coefficient (Wildman–Crippen LogP) is 3.28. The standard InChI is InChI=1S/C12H18ClNO3S/c1-3-5-8-18(15,16)14-10-6-7-12(17-4-2)11(13)9-10/h6-7,9,14H,3-5,8H2,1-2H3. The fourth-order valence-electron chi connectivity index (χ4n) is 1.40. The van der Waals surface area contributed by atoms with Crippen LogP contribution >= 0.6 is 11.6 Å². The first kappa shape index (κ1) is 15.1. The van der Waals surface area contributed by atoms with E-state index in [2.05, 4.69) is 4.72 Å². The van der Waals surface area contributed by atoms with Gasteiger partial charge in [-0.1, -0.05) is 24.9 Å². The van der Waals surface area contributed by atoms with Crippen molar-refractivity contribution in [3.63, 3.8) is 0 Å². The zero-order chi connectivity index (χ0) is 13.6. The Morgan fingerprint density at radius 2 is 2.06 bits per heavy atom. The zero-order valence-electron chi connectivity index (χ0n) is 10.6. The van der Waals surface area contributed by atoms with Gasteiger partial charge in [0.2, 0.25) is 10.0 Å². The van der Waals surface area contributed by atoms with Crippen LogP contribution in [0, 0.1) is 0 Å². The molecule has 1 N–H and O–H groups in total. The highest BCUT2D eigenvalue weighted by molar-refractivity contribution is 7.92. The van der Waals surface area contributed by atoms with Crippen LogP contribution in [0.15, 0.2) is 18.2 Å². The molecule has 0 aromatic heterocycles. The van der Waals surface area contributed by atoms with Crippen molar-refractivity contribution in [3.8, 4) is 5.75 Å². The molecule has 0 radical (unpaired) electrons. The molecule has 0 saturated heterocycles. The summed E-state index contributed by atoms with van der Waals surface area (Å²) in [5.74, 6) is 0.671. The molecule has 0 atom stereocenters. The summed E-state index contributed by atoms with van der Waals surface area (Å²) >= 11 is 5.98. The van der Waals surface area contributed by atoms with Gasteiger partial charge in [-0.2, -0.15) is 0 Å². The van der Waals surface area contributed by atoms with Gasteiger partial charge in [-0.15, -0.1) is 0 Å². The van der Waals surface area contributed by atoms with Crippen molar-refractivity contribution < 1.29 is 13.2 Å². The summed E-state index contributed by atoms with van der Waals surface area (Å²) in [5.41, 5.74) is 0.458. The van der Waals surface area contributed by atoms with Gasteiger partial charge in [-0.3, -0.25) is 4.72 Å². The summed E-state index contributed by atoms with van der Waals surface area (Å²) in [4.78, 5) is 0. The van der Waals surface area contributed by atoms with E-state index in [9.17, 15) is 8.42 Å². The van der Waals surface area contributed by atoms with E-state index >= 15 is 0 Å². The van der Waals surface area contributed by atoms with Gasteiger partial charge in [-0.25, -0.2) is 8.42 Å². The molecular weight excluding hydrogens is 274 g/mol. The van der Waals surface area contributed by atoms with Crippen molar-refractivity contribution in [1.82, 2.24) is 0 Å². The molecular formula is C12H18ClNO3S. The highest BCUT2D eigenvalue weighted by Crippen LogP contribution is 2.28. The third-order valence-electron chi connectivity index (χ3n) is 2.27. The Labute approximate surface area is 113 Å². The smallest absolute Gasteiger partial charge is 0.232 e. The largest absolute Gasteiger partial charge is 0.492 e. The fraction of sp³-hybridized carbons (Fsp3) is 0.500. The molecule has 0 heterocycles. The first-order valence-electron chi connectivity index (χ1n) is 5.91. The molecule has 102 valence electrons. The maximum Gasteiger partial charge on any atom is 0.232 e. The SMILES string of the molecule is CCCCS(=O)(=O)Nc1ccc(OCC)c(Cl)c1. The van der Waals surface area contributed by atoms with Crippen molar-refractivity contribution in [1.29, 1.82) is 0 Å². The Bertz CT molecular complexity index is 488. The maximum atomic E-state index is 11.7. The zero-order valence-corrected chi connectivity index (χ0v) is 12.1. The Morgan fingerprint density at radius 3 is 2.61 bits per heavy atom. The summed E-state index contributed by atoms with van der Waals surface area (Å²) < 4.78 is 31.2. The molecule has 0 aliphatic carbocycles. The normalized spacial score (nSPS) is 11.3. The van der Waals surface area contributed by atoms with E-state index in [1.165, 1.54) is 0 Å². The second-order valence-corrected chi connectivity index (χ2v) is 6.10. The Morgan fingerprint density at radius 1 is 1.33 bits per heavy atom.